The van der Waals surface area contributed by atoms with Gasteiger partial charge in [-0.25, -0.2) is 0 Å². The molecule has 3 aliphatic carbocycles. The molecule has 0 saturated heterocycles. The number of hydrogen-bond acceptors (Lipinski definition) is 3. The predicted octanol–water partition coefficient (Wildman–Crippen LogP) is 8.54. The number of ether oxygens (including phenoxy) is 1. The lowest BCUT2D eigenvalue weighted by molar-refractivity contribution is -0.157. The first-order valence-corrected chi connectivity index (χ1v) is 14.6. The minimum Gasteiger partial charge on any atom is -0.508 e. The summed E-state index contributed by atoms with van der Waals surface area (Å²) in [5, 5.41) is 9.51. The second-order valence-corrected chi connectivity index (χ2v) is 11.7. The maximum Gasteiger partial charge on any atom is 0.309 e. The minimum atomic E-state index is 0.0855. The highest BCUT2D eigenvalue weighted by molar-refractivity contribution is 5.72. The molecule has 0 heterocycles. The van der Waals surface area contributed by atoms with E-state index in [0.717, 1.165) is 56.3 Å². The fraction of sp³-hybridized carbons (Fsp3) is 0.774. The second kappa shape index (κ2) is 13.0. The van der Waals surface area contributed by atoms with Gasteiger partial charge in [-0.3, -0.25) is 4.79 Å². The van der Waals surface area contributed by atoms with Gasteiger partial charge in [0.2, 0.25) is 0 Å². The highest BCUT2D eigenvalue weighted by Gasteiger charge is 2.34. The molecule has 3 fully saturated rings. The normalized spacial score (nSPS) is 32.3. The Hall–Kier alpha value is -1.51. The first kappa shape index (κ1) is 25.6. The maximum absolute atomic E-state index is 12.9. The third-order valence-electron chi connectivity index (χ3n) is 9.45. The van der Waals surface area contributed by atoms with Crippen LogP contribution in [0.4, 0.5) is 0 Å². The van der Waals surface area contributed by atoms with Crippen LogP contribution in [0.1, 0.15) is 128 Å². The van der Waals surface area contributed by atoms with Crippen LogP contribution in [0.5, 0.6) is 5.75 Å². The Morgan fingerprint density at radius 2 is 1.41 bits per heavy atom. The van der Waals surface area contributed by atoms with Gasteiger partial charge >= 0.3 is 5.97 Å². The Morgan fingerprint density at radius 3 is 2.03 bits per heavy atom. The third kappa shape index (κ3) is 7.25. The molecule has 3 nitrogen and oxygen atoms in total. The topological polar surface area (TPSA) is 46.5 Å². The minimum absolute atomic E-state index is 0.0855. The largest absolute Gasteiger partial charge is 0.508 e. The Bertz CT molecular complexity index is 718. The van der Waals surface area contributed by atoms with Crippen molar-refractivity contribution in [2.24, 2.45) is 23.7 Å². The van der Waals surface area contributed by atoms with Crippen LogP contribution in [0.25, 0.3) is 0 Å². The number of carbonyl (C=O) groups excluding carboxylic acids is 1. The van der Waals surface area contributed by atoms with Gasteiger partial charge in [-0.15, -0.1) is 0 Å². The van der Waals surface area contributed by atoms with Crippen molar-refractivity contribution < 1.29 is 14.6 Å². The molecule has 0 amide bonds. The summed E-state index contributed by atoms with van der Waals surface area (Å²) in [5.74, 6) is 3.83. The number of phenols is 1. The standard InChI is InChI=1S/C31H48O3/c1-2-3-4-5-6-23-7-9-24(10-8-23)25-11-13-28(14-12-25)31(33)34-30-21-17-27(18-22-30)26-15-19-29(32)20-16-26/h15-16,19-20,23-25,27-28,30,32H,2-14,17-18,21-22H2,1H3. The first-order chi connectivity index (χ1) is 16.6. The number of unbranched alkanes of at least 4 members (excludes halogenated alkanes) is 3. The molecule has 0 aromatic heterocycles. The number of rotatable bonds is 9. The average Bonchev–Trinajstić information content (AvgIpc) is 2.88. The fourth-order valence-corrected chi connectivity index (χ4v) is 7.16. The van der Waals surface area contributed by atoms with Gasteiger partial charge in [0.05, 0.1) is 5.92 Å². The van der Waals surface area contributed by atoms with Crippen LogP contribution in [0.3, 0.4) is 0 Å². The molecular weight excluding hydrogens is 420 g/mol. The third-order valence-corrected chi connectivity index (χ3v) is 9.45. The van der Waals surface area contributed by atoms with Crippen molar-refractivity contribution in [3.05, 3.63) is 29.8 Å². The van der Waals surface area contributed by atoms with Crippen LogP contribution in [-0.4, -0.2) is 17.2 Å². The van der Waals surface area contributed by atoms with Crippen molar-refractivity contribution >= 4 is 5.97 Å². The van der Waals surface area contributed by atoms with Gasteiger partial charge in [0.25, 0.3) is 0 Å². The quantitative estimate of drug-likeness (QED) is 0.292. The van der Waals surface area contributed by atoms with Crippen LogP contribution < -0.4 is 0 Å². The van der Waals surface area contributed by atoms with Gasteiger partial charge in [0.15, 0.2) is 0 Å². The zero-order valence-corrected chi connectivity index (χ0v) is 21.6. The van der Waals surface area contributed by atoms with Crippen LogP contribution in [0.2, 0.25) is 0 Å². The summed E-state index contributed by atoms with van der Waals surface area (Å²) in [4.78, 5) is 12.9. The molecule has 1 N–H and O–H groups in total. The van der Waals surface area contributed by atoms with Crippen molar-refractivity contribution in [3.63, 3.8) is 0 Å². The van der Waals surface area contributed by atoms with E-state index < -0.39 is 0 Å². The van der Waals surface area contributed by atoms with Gasteiger partial charge in [-0.05, 0) is 106 Å². The van der Waals surface area contributed by atoms with Crippen molar-refractivity contribution in [2.45, 2.75) is 128 Å². The van der Waals surface area contributed by atoms with E-state index >= 15 is 0 Å². The highest BCUT2D eigenvalue weighted by Crippen LogP contribution is 2.43. The van der Waals surface area contributed by atoms with Crippen molar-refractivity contribution in [3.8, 4) is 5.75 Å². The molecule has 3 aliphatic rings. The first-order valence-electron chi connectivity index (χ1n) is 14.6. The second-order valence-electron chi connectivity index (χ2n) is 11.7. The van der Waals surface area contributed by atoms with E-state index in [2.05, 4.69) is 6.92 Å². The van der Waals surface area contributed by atoms with E-state index in [0.29, 0.717) is 11.7 Å². The molecule has 1 aromatic carbocycles. The van der Waals surface area contributed by atoms with Crippen molar-refractivity contribution in [1.29, 1.82) is 0 Å². The number of esters is 1. The van der Waals surface area contributed by atoms with E-state index in [1.54, 1.807) is 12.1 Å². The molecule has 0 aliphatic heterocycles. The SMILES string of the molecule is CCCCCCC1CCC(C2CCC(C(=O)OC3CCC(c4ccc(O)cc4)CC3)CC2)CC1. The van der Waals surface area contributed by atoms with Gasteiger partial charge < -0.3 is 9.84 Å². The average molecular weight is 469 g/mol. The number of phenolic OH excluding ortho intramolecular Hbond substituents is 1. The van der Waals surface area contributed by atoms with E-state index in [-0.39, 0.29) is 18.0 Å². The van der Waals surface area contributed by atoms with Crippen LogP contribution in [0, 0.1) is 23.7 Å². The molecule has 0 bridgehead atoms. The summed E-state index contributed by atoms with van der Waals surface area (Å²) in [6.07, 6.45) is 21.6. The Balaban J connectivity index is 1.11. The molecule has 0 spiro atoms. The zero-order valence-electron chi connectivity index (χ0n) is 21.6. The summed E-state index contributed by atoms with van der Waals surface area (Å²) in [6.45, 7) is 2.30. The summed E-state index contributed by atoms with van der Waals surface area (Å²) in [7, 11) is 0. The van der Waals surface area contributed by atoms with Gasteiger partial charge in [-0.2, -0.15) is 0 Å². The molecule has 0 atom stereocenters. The van der Waals surface area contributed by atoms with Gasteiger partial charge in [0.1, 0.15) is 11.9 Å². The molecule has 0 unspecified atom stereocenters. The number of benzene rings is 1. The summed E-state index contributed by atoms with van der Waals surface area (Å²) < 4.78 is 6.00. The maximum atomic E-state index is 12.9. The molecular formula is C31H48O3. The molecule has 1 aromatic rings. The molecule has 4 rings (SSSR count). The summed E-state index contributed by atoms with van der Waals surface area (Å²) >= 11 is 0. The molecule has 34 heavy (non-hydrogen) atoms. The molecule has 3 saturated carbocycles. The van der Waals surface area contributed by atoms with E-state index in [9.17, 15) is 9.90 Å². The lowest BCUT2D eigenvalue weighted by atomic mass is 9.68. The number of carbonyl (C=O) groups is 1. The van der Waals surface area contributed by atoms with E-state index in [4.69, 9.17) is 4.74 Å². The monoisotopic (exact) mass is 468 g/mol. The van der Waals surface area contributed by atoms with Gasteiger partial charge in [-0.1, -0.05) is 64.0 Å². The molecule has 190 valence electrons. The van der Waals surface area contributed by atoms with Crippen LogP contribution >= 0.6 is 0 Å². The highest BCUT2D eigenvalue weighted by atomic mass is 16.5. The number of hydrogen-bond donors (Lipinski definition) is 1. The van der Waals surface area contributed by atoms with E-state index in [1.165, 1.54) is 76.2 Å². The van der Waals surface area contributed by atoms with Crippen molar-refractivity contribution in [1.82, 2.24) is 0 Å². The summed E-state index contributed by atoms with van der Waals surface area (Å²) in [5.41, 5.74) is 1.30. The van der Waals surface area contributed by atoms with Gasteiger partial charge in [0, 0.05) is 0 Å². The lowest BCUT2D eigenvalue weighted by Gasteiger charge is -2.38. The lowest BCUT2D eigenvalue weighted by Crippen LogP contribution is -2.32. The summed E-state index contributed by atoms with van der Waals surface area (Å²) in [6, 6.07) is 7.62. The smallest absolute Gasteiger partial charge is 0.309 e. The van der Waals surface area contributed by atoms with Crippen molar-refractivity contribution in [2.75, 3.05) is 0 Å². The van der Waals surface area contributed by atoms with E-state index in [1.807, 2.05) is 12.1 Å². The Labute approximate surface area is 208 Å². The van der Waals surface area contributed by atoms with Crippen LogP contribution in [0.15, 0.2) is 24.3 Å². The predicted molar refractivity (Wildman–Crippen MR) is 139 cm³/mol. The Morgan fingerprint density at radius 1 is 0.794 bits per heavy atom. The molecule has 3 heteroatoms. The number of aromatic hydroxyl groups is 1. The Kier molecular flexibility index (Phi) is 9.77. The fourth-order valence-electron chi connectivity index (χ4n) is 7.16. The van der Waals surface area contributed by atoms with Crippen LogP contribution in [-0.2, 0) is 9.53 Å². The zero-order chi connectivity index (χ0) is 23.8. The molecule has 0 radical (unpaired) electrons.